The fourth-order valence-electron chi connectivity index (χ4n) is 2.62. The molecule has 0 bridgehead atoms. The first-order chi connectivity index (χ1) is 9.69. The molecule has 5 heteroatoms. The molecule has 0 fully saturated rings. The molecular formula is C16H23N2O3+. The molecule has 114 valence electrons. The van der Waals surface area contributed by atoms with Crippen molar-refractivity contribution < 1.29 is 18.8 Å². The summed E-state index contributed by atoms with van der Waals surface area (Å²) < 4.78 is 6.17. The van der Waals surface area contributed by atoms with E-state index in [1.165, 1.54) is 0 Å². The quantitative estimate of drug-likeness (QED) is 0.625. The zero-order valence-electron chi connectivity index (χ0n) is 13.3. The van der Waals surface area contributed by atoms with E-state index < -0.39 is 0 Å². The average Bonchev–Trinajstić information content (AvgIpc) is 2.40. The van der Waals surface area contributed by atoms with Crippen molar-refractivity contribution in [2.75, 3.05) is 46.2 Å². The minimum absolute atomic E-state index is 0.0234. The maximum absolute atomic E-state index is 12.5. The molecule has 1 aromatic rings. The van der Waals surface area contributed by atoms with Crippen LogP contribution in [0.2, 0.25) is 0 Å². The molecular weight excluding hydrogens is 268 g/mol. The first kappa shape index (κ1) is 15.5. The van der Waals surface area contributed by atoms with E-state index in [0.717, 1.165) is 11.0 Å². The lowest BCUT2D eigenvalue weighted by atomic mass is 9.97. The number of likely N-dealkylation sites (N-methyl/N-ethyl adjacent to an activating group) is 1. The Hall–Kier alpha value is -1.88. The van der Waals surface area contributed by atoms with Crippen LogP contribution in [0, 0.1) is 5.92 Å². The third kappa shape index (κ3) is 3.42. The highest BCUT2D eigenvalue weighted by Gasteiger charge is 2.26. The summed E-state index contributed by atoms with van der Waals surface area (Å²) >= 11 is 0. The van der Waals surface area contributed by atoms with Crippen LogP contribution in [0.25, 0.3) is 0 Å². The normalized spacial score (nSPS) is 16.2. The number of amides is 1. The highest BCUT2D eigenvalue weighted by atomic mass is 16.5. The fourth-order valence-corrected chi connectivity index (χ4v) is 2.62. The van der Waals surface area contributed by atoms with E-state index in [2.05, 4.69) is 21.1 Å². The number of fused-ring (bicyclic) bond motifs is 1. The van der Waals surface area contributed by atoms with Crippen LogP contribution in [-0.2, 0) is 4.79 Å². The standard InChI is InChI=1S/C16H23N2O3/c1-11(9-18(3,4)5)16(20)12-6-7-13-14(8-12)21-10-15(19)17(13)2/h6-8,11H,9-10H2,1-5H3/q+1. The highest BCUT2D eigenvalue weighted by Crippen LogP contribution is 2.32. The number of anilines is 1. The molecule has 0 saturated carbocycles. The molecule has 1 amide bonds. The topological polar surface area (TPSA) is 46.6 Å². The first-order valence-electron chi connectivity index (χ1n) is 7.07. The molecule has 0 N–H and O–H groups in total. The van der Waals surface area contributed by atoms with Gasteiger partial charge in [0.15, 0.2) is 12.4 Å². The van der Waals surface area contributed by atoms with Gasteiger partial charge in [0.2, 0.25) is 0 Å². The number of benzene rings is 1. The number of hydrogen-bond acceptors (Lipinski definition) is 3. The SMILES string of the molecule is CC(C[N+](C)(C)C)C(=O)c1ccc2c(c1)OCC(=O)N2C. The van der Waals surface area contributed by atoms with Crippen molar-refractivity contribution in [3.8, 4) is 5.75 Å². The second-order valence-corrected chi connectivity index (χ2v) is 6.66. The van der Waals surface area contributed by atoms with Crippen LogP contribution >= 0.6 is 0 Å². The van der Waals surface area contributed by atoms with Gasteiger partial charge < -0.3 is 14.1 Å². The van der Waals surface area contributed by atoms with Gasteiger partial charge in [0, 0.05) is 12.6 Å². The Morgan fingerprint density at radius 1 is 1.38 bits per heavy atom. The van der Waals surface area contributed by atoms with Gasteiger partial charge in [-0.1, -0.05) is 0 Å². The smallest absolute Gasteiger partial charge is 0.264 e. The number of carbonyl (C=O) groups is 2. The number of hydrogen-bond donors (Lipinski definition) is 0. The van der Waals surface area contributed by atoms with Crippen molar-refractivity contribution in [3.63, 3.8) is 0 Å². The number of carbonyl (C=O) groups excluding carboxylic acids is 2. The summed E-state index contributed by atoms with van der Waals surface area (Å²) in [5, 5.41) is 0. The predicted octanol–water partition coefficient (Wildman–Crippen LogP) is 1.57. The molecule has 1 aliphatic heterocycles. The van der Waals surface area contributed by atoms with Gasteiger partial charge in [-0.25, -0.2) is 0 Å². The van der Waals surface area contributed by atoms with Crippen LogP contribution < -0.4 is 9.64 Å². The van der Waals surface area contributed by atoms with Crippen LogP contribution in [0.4, 0.5) is 5.69 Å². The van der Waals surface area contributed by atoms with Crippen molar-refractivity contribution in [2.45, 2.75) is 6.92 Å². The summed E-state index contributed by atoms with van der Waals surface area (Å²) in [6, 6.07) is 5.29. The maximum atomic E-state index is 12.5. The van der Waals surface area contributed by atoms with E-state index in [0.29, 0.717) is 17.0 Å². The van der Waals surface area contributed by atoms with Gasteiger partial charge in [0.1, 0.15) is 5.75 Å². The molecule has 0 radical (unpaired) electrons. The summed E-state index contributed by atoms with van der Waals surface area (Å²) in [5.74, 6) is 0.556. The van der Waals surface area contributed by atoms with E-state index in [4.69, 9.17) is 4.74 Å². The fraction of sp³-hybridized carbons (Fsp3) is 0.500. The molecule has 0 aromatic heterocycles. The summed E-state index contributed by atoms with van der Waals surface area (Å²) in [7, 11) is 7.92. The molecule has 0 spiro atoms. The monoisotopic (exact) mass is 291 g/mol. The summed E-state index contributed by atoms with van der Waals surface area (Å²) in [5.41, 5.74) is 1.35. The summed E-state index contributed by atoms with van der Waals surface area (Å²) in [6.07, 6.45) is 0. The lowest BCUT2D eigenvalue weighted by Gasteiger charge is -2.28. The van der Waals surface area contributed by atoms with Crippen molar-refractivity contribution in [3.05, 3.63) is 23.8 Å². The molecule has 1 unspecified atom stereocenters. The Morgan fingerprint density at radius 2 is 2.05 bits per heavy atom. The van der Waals surface area contributed by atoms with Gasteiger partial charge in [0.05, 0.1) is 39.3 Å². The Kier molecular flexibility index (Phi) is 4.05. The predicted molar refractivity (Wildman–Crippen MR) is 81.7 cm³/mol. The van der Waals surface area contributed by atoms with Crippen molar-refractivity contribution in [1.29, 1.82) is 0 Å². The van der Waals surface area contributed by atoms with E-state index in [1.54, 1.807) is 30.1 Å². The molecule has 0 aliphatic carbocycles. The molecule has 5 nitrogen and oxygen atoms in total. The molecule has 2 rings (SSSR count). The Bertz CT molecular complexity index is 575. The van der Waals surface area contributed by atoms with Crippen LogP contribution in [0.5, 0.6) is 5.75 Å². The first-order valence-corrected chi connectivity index (χ1v) is 7.07. The lowest BCUT2D eigenvalue weighted by molar-refractivity contribution is -0.872. The van der Waals surface area contributed by atoms with Gasteiger partial charge >= 0.3 is 0 Å². The Morgan fingerprint density at radius 3 is 2.67 bits per heavy atom. The van der Waals surface area contributed by atoms with Gasteiger partial charge in [-0.3, -0.25) is 9.59 Å². The molecule has 0 saturated heterocycles. The minimum Gasteiger partial charge on any atom is -0.482 e. The number of ketones is 1. The lowest BCUT2D eigenvalue weighted by Crippen LogP contribution is -2.40. The second-order valence-electron chi connectivity index (χ2n) is 6.66. The van der Waals surface area contributed by atoms with E-state index in [9.17, 15) is 9.59 Å². The van der Waals surface area contributed by atoms with Crippen LogP contribution in [0.1, 0.15) is 17.3 Å². The van der Waals surface area contributed by atoms with Crippen LogP contribution in [-0.4, -0.2) is 57.5 Å². The van der Waals surface area contributed by atoms with E-state index in [-0.39, 0.29) is 24.2 Å². The molecule has 1 heterocycles. The minimum atomic E-state index is -0.0834. The third-order valence-corrected chi connectivity index (χ3v) is 3.60. The highest BCUT2D eigenvalue weighted by molar-refractivity contribution is 6.01. The zero-order valence-corrected chi connectivity index (χ0v) is 13.3. The summed E-state index contributed by atoms with van der Waals surface area (Å²) in [4.78, 5) is 25.6. The van der Waals surface area contributed by atoms with E-state index >= 15 is 0 Å². The Labute approximate surface area is 125 Å². The second kappa shape index (κ2) is 5.48. The number of quaternary nitrogens is 1. The molecule has 21 heavy (non-hydrogen) atoms. The van der Waals surface area contributed by atoms with Crippen LogP contribution in [0.3, 0.4) is 0 Å². The van der Waals surface area contributed by atoms with Crippen molar-refractivity contribution in [2.24, 2.45) is 5.92 Å². The largest absolute Gasteiger partial charge is 0.482 e. The van der Waals surface area contributed by atoms with Gasteiger partial charge in [0.25, 0.3) is 5.91 Å². The number of nitrogens with zero attached hydrogens (tertiary/aromatic N) is 2. The van der Waals surface area contributed by atoms with E-state index in [1.807, 2.05) is 6.92 Å². The number of ether oxygens (including phenoxy) is 1. The summed E-state index contributed by atoms with van der Waals surface area (Å²) in [6.45, 7) is 2.74. The number of rotatable bonds is 4. The maximum Gasteiger partial charge on any atom is 0.264 e. The van der Waals surface area contributed by atoms with Gasteiger partial charge in [-0.2, -0.15) is 0 Å². The zero-order chi connectivity index (χ0) is 15.8. The van der Waals surface area contributed by atoms with Crippen molar-refractivity contribution in [1.82, 2.24) is 0 Å². The van der Waals surface area contributed by atoms with Crippen LogP contribution in [0.15, 0.2) is 18.2 Å². The van der Waals surface area contributed by atoms with Gasteiger partial charge in [-0.05, 0) is 25.1 Å². The third-order valence-electron chi connectivity index (χ3n) is 3.60. The average molecular weight is 291 g/mol. The van der Waals surface area contributed by atoms with Crippen molar-refractivity contribution >= 4 is 17.4 Å². The molecule has 1 aromatic carbocycles. The molecule has 1 aliphatic rings. The van der Waals surface area contributed by atoms with Gasteiger partial charge in [-0.15, -0.1) is 0 Å². The molecule has 1 atom stereocenters. The Balaban J connectivity index is 2.23. The number of Topliss-reactive ketones (excluding diaryl/α,β-unsaturated/α-hetero) is 1.